The molecule has 0 atom stereocenters. The predicted molar refractivity (Wildman–Crippen MR) is 36.2 cm³/mol. The maximum Gasteiger partial charge on any atom is 0.347 e. The second-order valence-electron chi connectivity index (χ2n) is 1.64. The fourth-order valence-electron chi connectivity index (χ4n) is 0.503. The van der Waals surface area contributed by atoms with E-state index in [1.165, 1.54) is 0 Å². The molecule has 0 saturated heterocycles. The molecule has 0 spiro atoms. The summed E-state index contributed by atoms with van der Waals surface area (Å²) in [6.45, 7) is 0. The number of rotatable bonds is 1. The number of thiophene rings is 1. The largest absolute Gasteiger partial charge is 0.477 e. The van der Waals surface area contributed by atoms with E-state index in [2.05, 4.69) is 0 Å². The third-order valence-electron chi connectivity index (χ3n) is 0.951. The highest BCUT2D eigenvalue weighted by Crippen LogP contribution is 2.29. The predicted octanol–water partition coefficient (Wildman–Crippen LogP) is 2.38. The third-order valence-corrected chi connectivity index (χ3v) is 2.36. The highest BCUT2D eigenvalue weighted by Gasteiger charge is 2.21. The highest BCUT2D eigenvalue weighted by molar-refractivity contribution is 7.13. The molecular weight excluding hydrogens is 198 g/mol. The van der Waals surface area contributed by atoms with Crippen molar-refractivity contribution in [3.05, 3.63) is 20.8 Å². The molecule has 0 bridgehead atoms. The lowest BCUT2D eigenvalue weighted by molar-refractivity contribution is 0.0702. The molecule has 1 heterocycles. The van der Waals surface area contributed by atoms with Crippen molar-refractivity contribution in [2.24, 2.45) is 0 Å². The van der Waals surface area contributed by atoms with Gasteiger partial charge in [-0.15, -0.1) is 0 Å². The Hall–Kier alpha value is -0.680. The summed E-state index contributed by atoms with van der Waals surface area (Å²) in [5.41, 5.74) is 0. The zero-order valence-corrected chi connectivity index (χ0v) is 6.47. The molecule has 2 nitrogen and oxygen atoms in total. The fourth-order valence-corrected chi connectivity index (χ4v) is 1.48. The quantitative estimate of drug-likeness (QED) is 0.752. The SMILES string of the molecule is O=C(O)c1sc(F)c(F)c1Cl. The molecule has 0 amide bonds. The van der Waals surface area contributed by atoms with Crippen molar-refractivity contribution < 1.29 is 18.7 Å². The lowest BCUT2D eigenvalue weighted by atomic mass is 10.4. The summed E-state index contributed by atoms with van der Waals surface area (Å²) in [5, 5.41) is 6.43. The lowest BCUT2D eigenvalue weighted by Gasteiger charge is -1.84. The number of hydrogen-bond acceptors (Lipinski definition) is 2. The molecule has 60 valence electrons. The molecule has 11 heavy (non-hydrogen) atoms. The van der Waals surface area contributed by atoms with Crippen LogP contribution in [0.25, 0.3) is 0 Å². The first-order valence-corrected chi connectivity index (χ1v) is 3.60. The van der Waals surface area contributed by atoms with Gasteiger partial charge in [-0.2, -0.15) is 4.39 Å². The fraction of sp³-hybridized carbons (Fsp3) is 0. The van der Waals surface area contributed by atoms with E-state index in [9.17, 15) is 13.6 Å². The van der Waals surface area contributed by atoms with Gasteiger partial charge in [0, 0.05) is 0 Å². The number of aromatic carboxylic acids is 1. The van der Waals surface area contributed by atoms with Crippen LogP contribution in [0, 0.1) is 10.9 Å². The van der Waals surface area contributed by atoms with Crippen LogP contribution in [0.15, 0.2) is 0 Å². The topological polar surface area (TPSA) is 37.3 Å². The minimum Gasteiger partial charge on any atom is -0.477 e. The zero-order chi connectivity index (χ0) is 8.59. The summed E-state index contributed by atoms with van der Waals surface area (Å²) in [5.74, 6) is -2.73. The smallest absolute Gasteiger partial charge is 0.347 e. The molecule has 0 saturated carbocycles. The number of carboxylic acids is 1. The molecule has 6 heteroatoms. The van der Waals surface area contributed by atoms with Gasteiger partial charge in [-0.3, -0.25) is 0 Å². The summed E-state index contributed by atoms with van der Waals surface area (Å²) < 4.78 is 24.6. The van der Waals surface area contributed by atoms with Gasteiger partial charge in [0.2, 0.25) is 5.13 Å². The molecule has 0 fully saturated rings. The van der Waals surface area contributed by atoms with E-state index >= 15 is 0 Å². The summed E-state index contributed by atoms with van der Waals surface area (Å²) in [6.07, 6.45) is 0. The molecule has 0 aliphatic heterocycles. The van der Waals surface area contributed by atoms with Crippen LogP contribution in [0.2, 0.25) is 5.02 Å². The van der Waals surface area contributed by atoms with Crippen LogP contribution in [0.1, 0.15) is 9.67 Å². The monoisotopic (exact) mass is 198 g/mol. The summed E-state index contributed by atoms with van der Waals surface area (Å²) in [7, 11) is 0. The molecule has 0 unspecified atom stereocenters. The Morgan fingerprint density at radius 3 is 2.27 bits per heavy atom. The molecule has 1 aromatic heterocycles. The maximum absolute atomic E-state index is 12.4. The second-order valence-corrected chi connectivity index (χ2v) is 2.99. The van der Waals surface area contributed by atoms with Crippen molar-refractivity contribution in [2.75, 3.05) is 0 Å². The Bertz CT molecular complexity index is 310. The average Bonchev–Trinajstić information content (AvgIpc) is 2.17. The van der Waals surface area contributed by atoms with E-state index in [0.717, 1.165) is 0 Å². The van der Waals surface area contributed by atoms with Crippen molar-refractivity contribution in [1.29, 1.82) is 0 Å². The molecule has 0 aliphatic rings. The van der Waals surface area contributed by atoms with E-state index in [-0.39, 0.29) is 11.3 Å². The first-order valence-electron chi connectivity index (χ1n) is 2.40. The van der Waals surface area contributed by atoms with Crippen molar-refractivity contribution in [3.63, 3.8) is 0 Å². The number of carboxylic acid groups (broad SMARTS) is 1. The Balaban J connectivity index is 3.29. The van der Waals surface area contributed by atoms with Crippen LogP contribution in [-0.4, -0.2) is 11.1 Å². The van der Waals surface area contributed by atoms with Gasteiger partial charge in [0.1, 0.15) is 9.90 Å². The van der Waals surface area contributed by atoms with Gasteiger partial charge >= 0.3 is 5.97 Å². The second kappa shape index (κ2) is 2.75. The minimum absolute atomic E-state index is 0.176. The van der Waals surface area contributed by atoms with E-state index in [1.54, 1.807) is 0 Å². The molecular formula is C5HClF2O2S. The maximum atomic E-state index is 12.4. The van der Waals surface area contributed by atoms with Gasteiger partial charge in [0.05, 0.1) is 0 Å². The van der Waals surface area contributed by atoms with Crippen LogP contribution >= 0.6 is 22.9 Å². The van der Waals surface area contributed by atoms with E-state index < -0.39 is 26.8 Å². The normalized spacial score (nSPS) is 10.1. The van der Waals surface area contributed by atoms with E-state index in [4.69, 9.17) is 16.7 Å². The summed E-state index contributed by atoms with van der Waals surface area (Å²) >= 11 is 5.30. The number of hydrogen-bond donors (Lipinski definition) is 1. The molecule has 1 N–H and O–H groups in total. The van der Waals surface area contributed by atoms with Crippen LogP contribution in [0.5, 0.6) is 0 Å². The first kappa shape index (κ1) is 8.42. The van der Waals surface area contributed by atoms with Gasteiger partial charge in [-0.05, 0) is 0 Å². The summed E-state index contributed by atoms with van der Waals surface area (Å²) in [6, 6.07) is 0. The molecule has 1 rings (SSSR count). The summed E-state index contributed by atoms with van der Waals surface area (Å²) in [4.78, 5) is 9.67. The van der Waals surface area contributed by atoms with Crippen molar-refractivity contribution in [2.45, 2.75) is 0 Å². The Morgan fingerprint density at radius 1 is 1.55 bits per heavy atom. The first-order chi connectivity index (χ1) is 5.04. The lowest BCUT2D eigenvalue weighted by Crippen LogP contribution is -1.91. The molecule has 0 aromatic carbocycles. The zero-order valence-electron chi connectivity index (χ0n) is 4.90. The minimum atomic E-state index is -1.43. The van der Waals surface area contributed by atoms with Crippen LogP contribution < -0.4 is 0 Å². The van der Waals surface area contributed by atoms with Gasteiger partial charge in [-0.1, -0.05) is 22.9 Å². The van der Waals surface area contributed by atoms with Crippen molar-refractivity contribution >= 4 is 28.9 Å². The van der Waals surface area contributed by atoms with Gasteiger partial charge in [0.15, 0.2) is 5.82 Å². The van der Waals surface area contributed by atoms with E-state index in [0.29, 0.717) is 0 Å². The molecule has 0 radical (unpaired) electrons. The standard InChI is InChI=1S/C5HClF2O2S/c6-1-2(7)4(8)11-3(1)5(9)10/h(H,9,10). The Morgan fingerprint density at radius 2 is 2.09 bits per heavy atom. The Kier molecular flexibility index (Phi) is 2.10. The average molecular weight is 199 g/mol. The van der Waals surface area contributed by atoms with Gasteiger partial charge in [-0.25, -0.2) is 9.18 Å². The number of halogens is 3. The van der Waals surface area contributed by atoms with Crippen molar-refractivity contribution in [3.8, 4) is 0 Å². The Labute approximate surface area is 69.0 Å². The van der Waals surface area contributed by atoms with Crippen LogP contribution in [0.4, 0.5) is 8.78 Å². The number of carbonyl (C=O) groups is 1. The molecule has 1 aromatic rings. The third kappa shape index (κ3) is 1.34. The van der Waals surface area contributed by atoms with Gasteiger partial charge < -0.3 is 5.11 Å². The van der Waals surface area contributed by atoms with Crippen LogP contribution in [-0.2, 0) is 0 Å². The van der Waals surface area contributed by atoms with Crippen molar-refractivity contribution in [1.82, 2.24) is 0 Å². The van der Waals surface area contributed by atoms with Gasteiger partial charge in [0.25, 0.3) is 0 Å². The van der Waals surface area contributed by atoms with E-state index in [1.807, 2.05) is 0 Å². The van der Waals surface area contributed by atoms with Crippen LogP contribution in [0.3, 0.4) is 0 Å². The highest BCUT2D eigenvalue weighted by atomic mass is 35.5. The molecule has 0 aliphatic carbocycles.